The summed E-state index contributed by atoms with van der Waals surface area (Å²) < 4.78 is 0. The van der Waals surface area contributed by atoms with Gasteiger partial charge in [-0.25, -0.2) is 14.8 Å². The third-order valence-electron chi connectivity index (χ3n) is 3.40. The summed E-state index contributed by atoms with van der Waals surface area (Å²) in [5, 5.41) is 22.5. The first-order chi connectivity index (χ1) is 11.2. The number of nitro groups is 1. The molecular formula is C15H14N4O5. The molecule has 0 radical (unpaired) electrons. The monoisotopic (exact) mass is 330 g/mol. The molecule has 1 heterocycles. The van der Waals surface area contributed by atoms with Crippen molar-refractivity contribution in [3.63, 3.8) is 0 Å². The molecule has 0 spiro atoms. The Balaban J connectivity index is 2.44. The van der Waals surface area contributed by atoms with Crippen LogP contribution < -0.4 is 5.32 Å². The van der Waals surface area contributed by atoms with E-state index in [9.17, 15) is 24.8 Å². The molecule has 0 bridgehead atoms. The van der Waals surface area contributed by atoms with Gasteiger partial charge < -0.3 is 10.4 Å². The molecule has 2 N–H and O–H groups in total. The molecule has 0 aliphatic carbocycles. The third-order valence-corrected chi connectivity index (χ3v) is 3.40. The first-order valence-corrected chi connectivity index (χ1v) is 6.85. The quantitative estimate of drug-likeness (QED) is 0.648. The zero-order chi connectivity index (χ0) is 18.0. The van der Waals surface area contributed by atoms with Crippen LogP contribution in [-0.4, -0.2) is 31.9 Å². The van der Waals surface area contributed by atoms with Crippen LogP contribution >= 0.6 is 0 Å². The Labute approximate surface area is 136 Å². The summed E-state index contributed by atoms with van der Waals surface area (Å²) in [5.74, 6) is -2.18. The molecule has 0 aliphatic heterocycles. The number of nitrogens with zero attached hydrogens (tertiary/aromatic N) is 3. The number of nitro benzene ring substituents is 1. The van der Waals surface area contributed by atoms with Crippen LogP contribution in [0, 0.1) is 30.9 Å². The highest BCUT2D eigenvalue weighted by molar-refractivity contribution is 6.08. The Morgan fingerprint density at radius 2 is 1.71 bits per heavy atom. The van der Waals surface area contributed by atoms with Crippen LogP contribution in [0.5, 0.6) is 0 Å². The second kappa shape index (κ2) is 6.41. The van der Waals surface area contributed by atoms with E-state index in [4.69, 9.17) is 0 Å². The molecular weight excluding hydrogens is 316 g/mol. The molecule has 1 amide bonds. The lowest BCUT2D eigenvalue weighted by molar-refractivity contribution is -0.384. The smallest absolute Gasteiger partial charge is 0.356 e. The molecule has 9 heteroatoms. The van der Waals surface area contributed by atoms with Crippen LogP contribution in [-0.2, 0) is 0 Å². The van der Waals surface area contributed by atoms with Crippen LogP contribution in [0.1, 0.15) is 37.9 Å². The van der Waals surface area contributed by atoms with Crippen molar-refractivity contribution < 1.29 is 19.6 Å². The Kier molecular flexibility index (Phi) is 4.54. The van der Waals surface area contributed by atoms with Gasteiger partial charge in [-0.1, -0.05) is 6.07 Å². The number of nitrogens with one attached hydrogen (secondary N) is 1. The highest BCUT2D eigenvalue weighted by Crippen LogP contribution is 2.22. The fourth-order valence-corrected chi connectivity index (χ4v) is 1.95. The van der Waals surface area contributed by atoms with E-state index < -0.39 is 22.5 Å². The summed E-state index contributed by atoms with van der Waals surface area (Å²) in [7, 11) is 0. The predicted octanol–water partition coefficient (Wildman–Crippen LogP) is 2.26. The average Bonchev–Trinajstić information content (AvgIpc) is 2.51. The van der Waals surface area contributed by atoms with E-state index >= 15 is 0 Å². The lowest BCUT2D eigenvalue weighted by Gasteiger charge is -2.10. The van der Waals surface area contributed by atoms with Crippen molar-refractivity contribution in [2.45, 2.75) is 20.8 Å². The highest BCUT2D eigenvalue weighted by atomic mass is 16.6. The van der Waals surface area contributed by atoms with Gasteiger partial charge in [-0.3, -0.25) is 14.9 Å². The minimum atomic E-state index is -1.38. The van der Waals surface area contributed by atoms with Crippen molar-refractivity contribution in [1.82, 2.24) is 9.97 Å². The number of amides is 1. The number of non-ortho nitro benzene ring substituents is 1. The summed E-state index contributed by atoms with van der Waals surface area (Å²) in [4.78, 5) is 41.8. The van der Waals surface area contributed by atoms with Crippen LogP contribution in [0.3, 0.4) is 0 Å². The van der Waals surface area contributed by atoms with Gasteiger partial charge in [0, 0.05) is 12.1 Å². The van der Waals surface area contributed by atoms with E-state index in [1.54, 1.807) is 20.8 Å². The van der Waals surface area contributed by atoms with Crippen molar-refractivity contribution in [2.75, 3.05) is 5.32 Å². The summed E-state index contributed by atoms with van der Waals surface area (Å²) in [6.07, 6.45) is 0. The van der Waals surface area contributed by atoms with Crippen LogP contribution in [0.15, 0.2) is 18.2 Å². The van der Waals surface area contributed by atoms with Gasteiger partial charge in [0.2, 0.25) is 0 Å². The maximum atomic E-state index is 12.4. The fraction of sp³-hybridized carbons (Fsp3) is 0.200. The number of hydrogen-bond acceptors (Lipinski definition) is 6. The maximum Gasteiger partial charge on any atom is 0.356 e. The molecule has 2 aromatic rings. The van der Waals surface area contributed by atoms with Crippen molar-refractivity contribution in [3.05, 3.63) is 56.7 Å². The lowest BCUT2D eigenvalue weighted by Crippen LogP contribution is -2.21. The Morgan fingerprint density at radius 3 is 2.25 bits per heavy atom. The largest absolute Gasteiger partial charge is 0.476 e. The highest BCUT2D eigenvalue weighted by Gasteiger charge is 2.22. The molecule has 24 heavy (non-hydrogen) atoms. The van der Waals surface area contributed by atoms with Gasteiger partial charge >= 0.3 is 5.97 Å². The lowest BCUT2D eigenvalue weighted by atomic mass is 10.1. The third kappa shape index (κ3) is 3.35. The van der Waals surface area contributed by atoms with E-state index in [0.717, 1.165) is 0 Å². The van der Waals surface area contributed by atoms with Crippen molar-refractivity contribution in [3.8, 4) is 0 Å². The Morgan fingerprint density at radius 1 is 1.12 bits per heavy atom. The van der Waals surface area contributed by atoms with Gasteiger partial charge in [-0.2, -0.15) is 0 Å². The molecule has 0 fully saturated rings. The molecule has 0 saturated carbocycles. The Bertz CT molecular complexity index is 863. The molecule has 0 unspecified atom stereocenters. The van der Waals surface area contributed by atoms with E-state index in [1.165, 1.54) is 18.2 Å². The molecule has 0 aliphatic rings. The topological polar surface area (TPSA) is 135 Å². The minimum Gasteiger partial charge on any atom is -0.476 e. The van der Waals surface area contributed by atoms with Gasteiger partial charge in [0.05, 0.1) is 22.0 Å². The molecule has 1 aromatic carbocycles. The predicted molar refractivity (Wildman–Crippen MR) is 84.3 cm³/mol. The number of aromatic nitrogens is 2. The first kappa shape index (κ1) is 17.0. The second-order valence-corrected chi connectivity index (χ2v) is 5.11. The number of carbonyl (C=O) groups excluding carboxylic acids is 1. The number of aromatic carboxylic acids is 1. The normalized spacial score (nSPS) is 10.3. The zero-order valence-electron chi connectivity index (χ0n) is 13.2. The van der Waals surface area contributed by atoms with Crippen molar-refractivity contribution in [2.24, 2.45) is 0 Å². The molecule has 2 rings (SSSR count). The number of rotatable bonds is 4. The Hall–Kier alpha value is -3.36. The molecule has 124 valence electrons. The number of anilines is 1. The van der Waals surface area contributed by atoms with Crippen molar-refractivity contribution in [1.29, 1.82) is 0 Å². The summed E-state index contributed by atoms with van der Waals surface area (Å²) in [5.41, 5.74) is 0.584. The standard InChI is InChI=1S/C15H14N4O5/c1-7-4-5-10(19(23)24)6-11(7)18-14(20)12-13(15(21)22)17-9(3)8(2)16-12/h4-6H,1-3H3,(H,18,20)(H,21,22). The number of carbonyl (C=O) groups is 2. The van der Waals surface area contributed by atoms with Gasteiger partial charge in [-0.15, -0.1) is 0 Å². The van der Waals surface area contributed by atoms with Crippen LogP contribution in [0.2, 0.25) is 0 Å². The summed E-state index contributed by atoms with van der Waals surface area (Å²) >= 11 is 0. The van der Waals surface area contributed by atoms with Crippen LogP contribution in [0.4, 0.5) is 11.4 Å². The number of carboxylic acid groups (broad SMARTS) is 1. The summed E-state index contributed by atoms with van der Waals surface area (Å²) in [6, 6.07) is 3.99. The van der Waals surface area contributed by atoms with E-state index in [1.807, 2.05) is 0 Å². The summed E-state index contributed by atoms with van der Waals surface area (Å²) in [6.45, 7) is 4.84. The first-order valence-electron chi connectivity index (χ1n) is 6.85. The van der Waals surface area contributed by atoms with E-state index in [-0.39, 0.29) is 17.1 Å². The van der Waals surface area contributed by atoms with Gasteiger partial charge in [0.1, 0.15) is 0 Å². The zero-order valence-corrected chi connectivity index (χ0v) is 13.2. The number of carboxylic acids is 1. The molecule has 1 aromatic heterocycles. The van der Waals surface area contributed by atoms with Gasteiger partial charge in [-0.05, 0) is 26.3 Å². The fourth-order valence-electron chi connectivity index (χ4n) is 1.95. The maximum absolute atomic E-state index is 12.4. The minimum absolute atomic E-state index is 0.194. The number of hydrogen-bond donors (Lipinski definition) is 2. The van der Waals surface area contributed by atoms with E-state index in [2.05, 4.69) is 15.3 Å². The van der Waals surface area contributed by atoms with Gasteiger partial charge in [0.25, 0.3) is 11.6 Å². The molecule has 0 saturated heterocycles. The van der Waals surface area contributed by atoms with Crippen molar-refractivity contribution >= 4 is 23.3 Å². The molecule has 0 atom stereocenters. The van der Waals surface area contributed by atoms with E-state index in [0.29, 0.717) is 17.0 Å². The second-order valence-electron chi connectivity index (χ2n) is 5.11. The molecule has 9 nitrogen and oxygen atoms in total. The SMILES string of the molecule is Cc1ccc([N+](=O)[O-])cc1NC(=O)c1nc(C)c(C)nc1C(=O)O. The average molecular weight is 330 g/mol. The number of benzene rings is 1. The van der Waals surface area contributed by atoms with Crippen LogP contribution in [0.25, 0.3) is 0 Å². The van der Waals surface area contributed by atoms with Gasteiger partial charge in [0.15, 0.2) is 11.4 Å². The number of aryl methyl sites for hydroxylation is 3.